The maximum Gasteiger partial charge on any atom is 0.348 e. The van der Waals surface area contributed by atoms with Gasteiger partial charge in [-0.25, -0.2) is 14.4 Å². The van der Waals surface area contributed by atoms with Crippen molar-refractivity contribution in [3.05, 3.63) is 23.0 Å². The predicted molar refractivity (Wildman–Crippen MR) is 144 cm³/mol. The fourth-order valence-electron chi connectivity index (χ4n) is 9.10. The second-order valence-electron chi connectivity index (χ2n) is 13.5. The summed E-state index contributed by atoms with van der Waals surface area (Å²) >= 11 is 0. The van der Waals surface area contributed by atoms with Crippen LogP contribution in [0.2, 0.25) is 0 Å². The van der Waals surface area contributed by atoms with Crippen LogP contribution in [0.5, 0.6) is 0 Å². The van der Waals surface area contributed by atoms with Gasteiger partial charge in [0.2, 0.25) is 11.7 Å². The third-order valence-electron chi connectivity index (χ3n) is 10.9. The van der Waals surface area contributed by atoms with Crippen molar-refractivity contribution in [2.75, 3.05) is 20.3 Å². The van der Waals surface area contributed by atoms with Crippen molar-refractivity contribution < 1.29 is 57.9 Å². The molecule has 2 N–H and O–H groups in total. The van der Waals surface area contributed by atoms with Gasteiger partial charge in [0, 0.05) is 29.7 Å². The van der Waals surface area contributed by atoms with Gasteiger partial charge in [0.15, 0.2) is 17.3 Å². The van der Waals surface area contributed by atoms with Crippen molar-refractivity contribution >= 4 is 29.5 Å². The number of Topliss-reactive ketones (excluding diaryl/α,β-unsaturated/α-hetero) is 2. The molecule has 6 rings (SSSR count). The Morgan fingerprint density at radius 3 is 2.44 bits per heavy atom. The maximum absolute atomic E-state index is 13.7. The zero-order valence-corrected chi connectivity index (χ0v) is 24.9. The number of hydrogen-bond acceptors (Lipinski definition) is 12. The molecule has 5 fully saturated rings. The summed E-state index contributed by atoms with van der Waals surface area (Å²) in [6.45, 7) is 6.47. The third-order valence-corrected chi connectivity index (χ3v) is 10.9. The zero-order valence-electron chi connectivity index (χ0n) is 24.9. The van der Waals surface area contributed by atoms with Crippen LogP contribution < -0.4 is 0 Å². The van der Waals surface area contributed by atoms with Crippen LogP contribution in [0.3, 0.4) is 0 Å². The first-order valence-electron chi connectivity index (χ1n) is 14.8. The van der Waals surface area contributed by atoms with Gasteiger partial charge in [-0.15, -0.1) is 0 Å². The summed E-state index contributed by atoms with van der Waals surface area (Å²) in [4.78, 5) is 65.9. The molecule has 12 nitrogen and oxygen atoms in total. The molecule has 43 heavy (non-hydrogen) atoms. The summed E-state index contributed by atoms with van der Waals surface area (Å²) < 4.78 is 28.6. The molecule has 0 amide bonds. The van der Waals surface area contributed by atoms with Crippen LogP contribution in [-0.4, -0.2) is 90.0 Å². The zero-order chi connectivity index (χ0) is 31.2. The van der Waals surface area contributed by atoms with Crippen LogP contribution in [0.4, 0.5) is 0 Å². The van der Waals surface area contributed by atoms with Gasteiger partial charge in [-0.2, -0.15) is 0 Å². The Bertz CT molecular complexity index is 1360. The SMILES string of the molecule is COC(=O)[C@@]12OC[C@]34[C@H]([C@@H](O)[C@@H]1O)[C@@]1(C)CC(=O)C(OCC(=O)C5CC5)=C(C)[C@@H]1C[C@H]3OC(=O)[C@H](OC(=O)C=C(C)C)[C@@H]24. The number of allylic oxidation sites excluding steroid dienone is 3. The molecule has 234 valence electrons. The average molecular weight is 603 g/mol. The smallest absolute Gasteiger partial charge is 0.348 e. The van der Waals surface area contributed by atoms with Crippen molar-refractivity contribution in [1.29, 1.82) is 0 Å². The van der Waals surface area contributed by atoms with Crippen molar-refractivity contribution in [2.24, 2.45) is 34.5 Å². The van der Waals surface area contributed by atoms with Gasteiger partial charge in [0.1, 0.15) is 18.8 Å². The van der Waals surface area contributed by atoms with Gasteiger partial charge in [-0.3, -0.25) is 9.59 Å². The standard InChI is InChI=1S/C31H38O12/c1-13(2)8-20(34)43-23-25-30-12-41-31(25,28(38)39-5)26(36)21(35)24(30)29(4)10-17(32)22(40-11-18(33)15-6-7-15)14(3)16(29)9-19(30)42-27(23)37/h8,15-16,19,21,23-26,35-36H,6-7,9-12H2,1-5H3/t16-,19+,21+,23+,24+,25+,26-,29-,30+,31-/m0/s1. The van der Waals surface area contributed by atoms with Crippen LogP contribution in [-0.2, 0) is 47.7 Å². The van der Waals surface area contributed by atoms with E-state index in [-0.39, 0.29) is 49.3 Å². The first-order chi connectivity index (χ1) is 20.2. The number of esters is 3. The Labute approximate surface area is 248 Å². The Balaban J connectivity index is 1.47. The minimum atomic E-state index is -2.23. The lowest BCUT2D eigenvalue weighted by Gasteiger charge is -2.67. The van der Waals surface area contributed by atoms with Crippen molar-refractivity contribution in [3.63, 3.8) is 0 Å². The third kappa shape index (κ3) is 4.01. The molecule has 0 radical (unpaired) electrons. The number of rotatable bonds is 7. The van der Waals surface area contributed by atoms with E-state index < -0.39 is 76.5 Å². The minimum absolute atomic E-state index is 0.0342. The summed E-state index contributed by atoms with van der Waals surface area (Å²) in [6, 6.07) is 0. The number of carbonyl (C=O) groups is 5. The fraction of sp³-hybridized carbons (Fsp3) is 0.710. The lowest BCUT2D eigenvalue weighted by atomic mass is 9.38. The lowest BCUT2D eigenvalue weighted by Crippen LogP contribution is -2.79. The first kappa shape index (κ1) is 30.0. The number of fused-ring (bicyclic) bond motifs is 2. The number of carbonyl (C=O) groups excluding carboxylic acids is 5. The number of hydrogen-bond donors (Lipinski definition) is 2. The van der Waals surface area contributed by atoms with E-state index in [2.05, 4.69) is 0 Å². The van der Waals surface area contributed by atoms with Gasteiger partial charge in [-0.05, 0) is 56.9 Å². The van der Waals surface area contributed by atoms with E-state index in [1.165, 1.54) is 6.08 Å². The second kappa shape index (κ2) is 9.97. The molecule has 0 unspecified atom stereocenters. The number of aliphatic hydroxyl groups is 2. The molecule has 0 aromatic rings. The van der Waals surface area contributed by atoms with E-state index >= 15 is 0 Å². The van der Waals surface area contributed by atoms with Crippen molar-refractivity contribution in [1.82, 2.24) is 0 Å². The molecule has 0 aromatic heterocycles. The predicted octanol–water partition coefficient (Wildman–Crippen LogP) is 0.955. The van der Waals surface area contributed by atoms with Crippen LogP contribution in [0.15, 0.2) is 23.0 Å². The molecule has 6 aliphatic rings. The monoisotopic (exact) mass is 602 g/mol. The Morgan fingerprint density at radius 1 is 1.12 bits per heavy atom. The molecule has 2 aliphatic heterocycles. The van der Waals surface area contributed by atoms with Gasteiger partial charge < -0.3 is 33.9 Å². The Kier molecular flexibility index (Phi) is 6.94. The molecule has 1 spiro atoms. The number of ether oxygens (including phenoxy) is 5. The molecule has 2 heterocycles. The number of methoxy groups -OCH3 is 1. The topological polar surface area (TPSA) is 172 Å². The molecule has 2 bridgehead atoms. The largest absolute Gasteiger partial charge is 0.482 e. The summed E-state index contributed by atoms with van der Waals surface area (Å²) in [5.41, 5.74) is -3.40. The molecule has 10 atom stereocenters. The highest BCUT2D eigenvalue weighted by atomic mass is 16.6. The van der Waals surface area contributed by atoms with Crippen LogP contribution in [0.1, 0.15) is 53.4 Å². The van der Waals surface area contributed by atoms with E-state index in [1.54, 1.807) is 20.8 Å². The van der Waals surface area contributed by atoms with Crippen molar-refractivity contribution in [2.45, 2.75) is 83.4 Å². The quantitative estimate of drug-likeness (QED) is 0.241. The van der Waals surface area contributed by atoms with Crippen LogP contribution in [0.25, 0.3) is 0 Å². The number of aliphatic hydroxyl groups excluding tert-OH is 2. The second-order valence-corrected chi connectivity index (χ2v) is 13.5. The Morgan fingerprint density at radius 2 is 1.81 bits per heavy atom. The van der Waals surface area contributed by atoms with E-state index in [9.17, 15) is 34.2 Å². The molecular formula is C31H38O12. The average Bonchev–Trinajstić information content (AvgIpc) is 3.74. The van der Waals surface area contributed by atoms with Gasteiger partial charge in [0.05, 0.1) is 25.7 Å². The van der Waals surface area contributed by atoms with Crippen LogP contribution >= 0.6 is 0 Å². The highest BCUT2D eigenvalue weighted by Gasteiger charge is 2.85. The molecule has 3 saturated carbocycles. The van der Waals surface area contributed by atoms with Gasteiger partial charge >= 0.3 is 17.9 Å². The summed E-state index contributed by atoms with van der Waals surface area (Å²) in [6.07, 6.45) is -3.16. The Hall–Kier alpha value is -3.09. The lowest BCUT2D eigenvalue weighted by molar-refractivity contribution is -0.290. The molecule has 4 aliphatic carbocycles. The van der Waals surface area contributed by atoms with E-state index in [0.29, 0.717) is 11.1 Å². The normalized spacial score (nSPS) is 42.7. The fourth-order valence-corrected chi connectivity index (χ4v) is 9.10. The maximum atomic E-state index is 13.7. The summed E-state index contributed by atoms with van der Waals surface area (Å²) in [7, 11) is 1.10. The summed E-state index contributed by atoms with van der Waals surface area (Å²) in [5, 5.41) is 23.6. The summed E-state index contributed by atoms with van der Waals surface area (Å²) in [5.74, 6) is -5.79. The van der Waals surface area contributed by atoms with Crippen molar-refractivity contribution in [3.8, 4) is 0 Å². The number of ketones is 2. The van der Waals surface area contributed by atoms with Crippen LogP contribution in [0, 0.1) is 34.5 Å². The molecule has 0 aromatic carbocycles. The minimum Gasteiger partial charge on any atom is -0.482 e. The van der Waals surface area contributed by atoms with E-state index in [4.69, 9.17) is 23.7 Å². The molecule has 2 saturated heterocycles. The molecule has 12 heteroatoms. The highest BCUT2D eigenvalue weighted by Crippen LogP contribution is 2.72. The van der Waals surface area contributed by atoms with Gasteiger partial charge in [-0.1, -0.05) is 12.5 Å². The first-order valence-corrected chi connectivity index (χ1v) is 14.8. The van der Waals surface area contributed by atoms with E-state index in [0.717, 1.165) is 20.0 Å². The van der Waals surface area contributed by atoms with Gasteiger partial charge in [0.25, 0.3) is 0 Å². The molecular weight excluding hydrogens is 564 g/mol. The highest BCUT2D eigenvalue weighted by molar-refractivity contribution is 5.97. The van der Waals surface area contributed by atoms with E-state index in [1.807, 2.05) is 6.92 Å².